The summed E-state index contributed by atoms with van der Waals surface area (Å²) in [5.41, 5.74) is 2.12. The fraction of sp³-hybridized carbons (Fsp3) is 0.0435. The quantitative estimate of drug-likeness (QED) is 0.462. The zero-order valence-electron chi connectivity index (χ0n) is 15.2. The monoisotopic (exact) mass is 391 g/mol. The van der Waals surface area contributed by atoms with E-state index in [1.54, 1.807) is 55.7 Å². The molecule has 0 saturated carbocycles. The molecule has 1 N–H and O–H groups in total. The van der Waals surface area contributed by atoms with Crippen molar-refractivity contribution in [1.82, 2.24) is 0 Å². The molecule has 140 valence electrons. The first kappa shape index (κ1) is 19.4. The molecule has 0 aromatic heterocycles. The van der Waals surface area contributed by atoms with Gasteiger partial charge in [0.2, 0.25) is 5.91 Å². The number of methoxy groups -OCH3 is 1. The molecule has 0 saturated heterocycles. The van der Waals surface area contributed by atoms with Crippen LogP contribution in [0, 0.1) is 0 Å². The minimum Gasteiger partial charge on any atom is -0.497 e. The maximum atomic E-state index is 12.8. The van der Waals surface area contributed by atoms with Crippen molar-refractivity contribution >= 4 is 35.1 Å². The number of benzene rings is 3. The number of ketones is 1. The van der Waals surface area contributed by atoms with Gasteiger partial charge in [-0.3, -0.25) is 9.59 Å². The molecule has 0 atom stereocenters. The van der Waals surface area contributed by atoms with Crippen molar-refractivity contribution in [3.05, 3.63) is 101 Å². The normalized spacial score (nSPS) is 10.6. The Labute approximate surface area is 168 Å². The third kappa shape index (κ3) is 4.87. The Morgan fingerprint density at radius 1 is 0.964 bits per heavy atom. The molecule has 0 unspecified atom stereocenters. The Balaban J connectivity index is 1.79. The van der Waals surface area contributed by atoms with E-state index in [9.17, 15) is 9.59 Å². The van der Waals surface area contributed by atoms with Crippen LogP contribution in [-0.4, -0.2) is 18.8 Å². The van der Waals surface area contributed by atoms with Crippen LogP contribution in [-0.2, 0) is 4.79 Å². The van der Waals surface area contributed by atoms with Gasteiger partial charge in [0.15, 0.2) is 5.78 Å². The number of nitrogens with one attached hydrogen (secondary N) is 1. The Kier molecular flexibility index (Phi) is 6.25. The van der Waals surface area contributed by atoms with Crippen molar-refractivity contribution in [2.45, 2.75) is 0 Å². The van der Waals surface area contributed by atoms with Crippen LogP contribution in [0.1, 0.15) is 21.5 Å². The highest BCUT2D eigenvalue weighted by atomic mass is 35.5. The number of rotatable bonds is 6. The molecule has 3 rings (SSSR count). The highest BCUT2D eigenvalue weighted by Crippen LogP contribution is 2.24. The molecule has 0 bridgehead atoms. The van der Waals surface area contributed by atoms with Crippen LogP contribution >= 0.6 is 11.6 Å². The van der Waals surface area contributed by atoms with E-state index >= 15 is 0 Å². The largest absolute Gasteiger partial charge is 0.497 e. The number of ether oxygens (including phenoxy) is 1. The van der Waals surface area contributed by atoms with E-state index in [1.807, 2.05) is 30.3 Å². The summed E-state index contributed by atoms with van der Waals surface area (Å²) in [5.74, 6) is 0.185. The van der Waals surface area contributed by atoms with Gasteiger partial charge in [-0.25, -0.2) is 0 Å². The molecular weight excluding hydrogens is 374 g/mol. The van der Waals surface area contributed by atoms with E-state index < -0.39 is 0 Å². The molecule has 3 aromatic rings. The number of hydrogen-bond acceptors (Lipinski definition) is 3. The molecule has 0 aliphatic carbocycles. The lowest BCUT2D eigenvalue weighted by molar-refractivity contribution is -0.111. The van der Waals surface area contributed by atoms with Gasteiger partial charge in [-0.1, -0.05) is 54.1 Å². The summed E-state index contributed by atoms with van der Waals surface area (Å²) in [6.45, 7) is 0. The minimum absolute atomic E-state index is 0.211. The maximum absolute atomic E-state index is 12.8. The summed E-state index contributed by atoms with van der Waals surface area (Å²) >= 11 is 6.06. The number of halogens is 1. The Morgan fingerprint density at radius 3 is 2.36 bits per heavy atom. The van der Waals surface area contributed by atoms with E-state index in [4.69, 9.17) is 16.3 Å². The summed E-state index contributed by atoms with van der Waals surface area (Å²) in [6, 6.07) is 21.0. The fourth-order valence-electron chi connectivity index (χ4n) is 2.62. The van der Waals surface area contributed by atoms with Crippen LogP contribution in [0.25, 0.3) is 6.08 Å². The van der Waals surface area contributed by atoms with Crippen LogP contribution in [0.5, 0.6) is 5.75 Å². The van der Waals surface area contributed by atoms with Crippen LogP contribution in [0.15, 0.2) is 78.9 Å². The van der Waals surface area contributed by atoms with Crippen molar-refractivity contribution < 1.29 is 14.3 Å². The van der Waals surface area contributed by atoms with Crippen molar-refractivity contribution in [3.63, 3.8) is 0 Å². The smallest absolute Gasteiger partial charge is 0.248 e. The highest BCUT2D eigenvalue weighted by Gasteiger charge is 2.15. The van der Waals surface area contributed by atoms with Gasteiger partial charge in [-0.15, -0.1) is 0 Å². The van der Waals surface area contributed by atoms with E-state index in [1.165, 1.54) is 6.08 Å². The van der Waals surface area contributed by atoms with Gasteiger partial charge in [0, 0.05) is 22.2 Å². The number of hydrogen-bond donors (Lipinski definition) is 1. The predicted molar refractivity (Wildman–Crippen MR) is 112 cm³/mol. The Morgan fingerprint density at radius 2 is 1.68 bits per heavy atom. The first-order valence-electron chi connectivity index (χ1n) is 8.59. The number of carbonyl (C=O) groups is 2. The molecule has 0 aliphatic rings. The third-order valence-corrected chi connectivity index (χ3v) is 4.30. The van der Waals surface area contributed by atoms with E-state index in [0.29, 0.717) is 21.8 Å². The predicted octanol–water partition coefficient (Wildman–Crippen LogP) is 5.23. The van der Waals surface area contributed by atoms with Gasteiger partial charge in [0.25, 0.3) is 0 Å². The molecule has 0 spiro atoms. The maximum Gasteiger partial charge on any atom is 0.248 e. The molecule has 5 heteroatoms. The second-order valence-electron chi connectivity index (χ2n) is 5.98. The SMILES string of the molecule is COc1ccc(/C=C/C(=O)Nc2ccc(Cl)cc2C(=O)c2ccccc2)cc1. The first-order chi connectivity index (χ1) is 13.6. The van der Waals surface area contributed by atoms with E-state index in [-0.39, 0.29) is 11.7 Å². The van der Waals surface area contributed by atoms with Crippen molar-refractivity contribution in [2.24, 2.45) is 0 Å². The van der Waals surface area contributed by atoms with Gasteiger partial charge >= 0.3 is 0 Å². The molecule has 0 fully saturated rings. The topological polar surface area (TPSA) is 55.4 Å². The molecule has 3 aromatic carbocycles. The van der Waals surface area contributed by atoms with Gasteiger partial charge in [-0.05, 0) is 42.0 Å². The van der Waals surface area contributed by atoms with Gasteiger partial charge < -0.3 is 10.1 Å². The van der Waals surface area contributed by atoms with Crippen LogP contribution < -0.4 is 10.1 Å². The number of carbonyl (C=O) groups excluding carboxylic acids is 2. The fourth-order valence-corrected chi connectivity index (χ4v) is 2.79. The van der Waals surface area contributed by atoms with Crippen LogP contribution in [0.4, 0.5) is 5.69 Å². The molecular formula is C23H18ClNO3. The molecule has 4 nitrogen and oxygen atoms in total. The van der Waals surface area contributed by atoms with Gasteiger partial charge in [0.1, 0.15) is 5.75 Å². The van der Waals surface area contributed by atoms with E-state index in [2.05, 4.69) is 5.32 Å². The van der Waals surface area contributed by atoms with Crippen LogP contribution in [0.2, 0.25) is 5.02 Å². The number of anilines is 1. The summed E-state index contributed by atoms with van der Waals surface area (Å²) in [5, 5.41) is 3.17. The molecule has 1 amide bonds. The second kappa shape index (κ2) is 9.02. The highest BCUT2D eigenvalue weighted by molar-refractivity contribution is 6.31. The lowest BCUT2D eigenvalue weighted by atomic mass is 10.0. The third-order valence-electron chi connectivity index (χ3n) is 4.06. The summed E-state index contributed by atoms with van der Waals surface area (Å²) in [4.78, 5) is 25.1. The average Bonchev–Trinajstić information content (AvgIpc) is 2.74. The van der Waals surface area contributed by atoms with E-state index in [0.717, 1.165) is 11.3 Å². The van der Waals surface area contributed by atoms with Crippen molar-refractivity contribution in [2.75, 3.05) is 12.4 Å². The molecule has 28 heavy (non-hydrogen) atoms. The summed E-state index contributed by atoms with van der Waals surface area (Å²) in [6.07, 6.45) is 3.09. The summed E-state index contributed by atoms with van der Waals surface area (Å²) in [7, 11) is 1.60. The first-order valence-corrected chi connectivity index (χ1v) is 8.97. The zero-order chi connectivity index (χ0) is 19.9. The Hall–Kier alpha value is -3.37. The lowest BCUT2D eigenvalue weighted by Crippen LogP contribution is -2.12. The lowest BCUT2D eigenvalue weighted by Gasteiger charge is -2.10. The summed E-state index contributed by atoms with van der Waals surface area (Å²) < 4.78 is 5.11. The molecule has 0 heterocycles. The van der Waals surface area contributed by atoms with Gasteiger partial charge in [-0.2, -0.15) is 0 Å². The van der Waals surface area contributed by atoms with Crippen molar-refractivity contribution in [3.8, 4) is 5.75 Å². The molecule has 0 radical (unpaired) electrons. The minimum atomic E-state index is -0.347. The zero-order valence-corrected chi connectivity index (χ0v) is 15.9. The van der Waals surface area contributed by atoms with Gasteiger partial charge in [0.05, 0.1) is 12.8 Å². The second-order valence-corrected chi connectivity index (χ2v) is 6.42. The number of amides is 1. The van der Waals surface area contributed by atoms with Crippen molar-refractivity contribution in [1.29, 1.82) is 0 Å². The average molecular weight is 392 g/mol. The Bertz CT molecular complexity index is 1010. The molecule has 0 aliphatic heterocycles. The standard InChI is InChI=1S/C23H18ClNO3/c1-28-19-11-7-16(8-12-19)9-14-22(26)25-21-13-10-18(24)15-20(21)23(27)17-5-3-2-4-6-17/h2-15H,1H3,(H,25,26)/b14-9+. The van der Waals surface area contributed by atoms with Crippen LogP contribution in [0.3, 0.4) is 0 Å².